The van der Waals surface area contributed by atoms with Crippen molar-refractivity contribution < 1.29 is 48.0 Å². The van der Waals surface area contributed by atoms with Gasteiger partial charge < -0.3 is 35.0 Å². The van der Waals surface area contributed by atoms with Crippen molar-refractivity contribution in [3.05, 3.63) is 144 Å². The number of aromatic hydroxyl groups is 1. The molecule has 4 aromatic carbocycles. The monoisotopic (exact) mass is 927 g/mol. The van der Waals surface area contributed by atoms with Gasteiger partial charge in [-0.25, -0.2) is 9.79 Å². The highest BCUT2D eigenvalue weighted by molar-refractivity contribution is 6.41. The Morgan fingerprint density at radius 2 is 1.39 bits per heavy atom. The second-order valence-corrected chi connectivity index (χ2v) is 15.9. The Morgan fingerprint density at radius 1 is 0.727 bits per heavy atom. The maximum absolute atomic E-state index is 13.6. The first-order valence-corrected chi connectivity index (χ1v) is 21.4. The lowest BCUT2D eigenvalue weighted by atomic mass is 9.88. The van der Waals surface area contributed by atoms with Gasteiger partial charge in [0.05, 0.1) is 27.2 Å². The van der Waals surface area contributed by atoms with E-state index in [1.54, 1.807) is 42.5 Å². The molecule has 0 saturated carbocycles. The van der Waals surface area contributed by atoms with E-state index in [4.69, 9.17) is 41.6 Å². The third-order valence-corrected chi connectivity index (χ3v) is 11.6. The van der Waals surface area contributed by atoms with Crippen LogP contribution in [0.25, 0.3) is 66.8 Å². The Balaban J connectivity index is 0.00000210. The van der Waals surface area contributed by atoms with E-state index in [1.165, 1.54) is 24.3 Å². The molecule has 0 unspecified atom stereocenters. The van der Waals surface area contributed by atoms with E-state index in [2.05, 4.69) is 20.9 Å². The number of carbonyl (C=O) groups excluding carboxylic acids is 4. The normalized spacial score (nSPS) is 11.3. The van der Waals surface area contributed by atoms with E-state index in [0.717, 1.165) is 33.3 Å². The summed E-state index contributed by atoms with van der Waals surface area (Å²) in [6.07, 6.45) is 0.250. The van der Waals surface area contributed by atoms with Crippen LogP contribution in [-0.2, 0) is 9.59 Å². The minimum absolute atomic E-state index is 0.00600. The SMILES string of the molecule is CCNc1cc2oc3cc(=[NH+]CC)c(C)cc-3c(-c3c(Cl)cc(C(=O)NCCNC(=O)c4ccc(-c5c6ccc(=O)cc-6oc6cc(O)ccc56)cc4)c(Cl)c3C(=O)O)c2cc1C.O=C=O. The number of phenolic OH excluding ortho intramolecular Hbond substituents is 1. The summed E-state index contributed by atoms with van der Waals surface area (Å²) in [6, 6.07) is 25.1. The molecule has 16 heteroatoms. The van der Waals surface area contributed by atoms with Gasteiger partial charge in [-0.1, -0.05) is 35.3 Å². The summed E-state index contributed by atoms with van der Waals surface area (Å²) in [5, 5.41) is 31.5. The molecule has 2 aliphatic carbocycles. The molecule has 6 N–H and O–H groups in total. The molecule has 0 aromatic heterocycles. The van der Waals surface area contributed by atoms with E-state index in [1.807, 2.05) is 52.0 Å². The fraction of sp³-hybridized carbons (Fsp3) is 0.160. The number of anilines is 1. The van der Waals surface area contributed by atoms with Crippen molar-refractivity contribution in [1.82, 2.24) is 10.6 Å². The lowest BCUT2D eigenvalue weighted by Gasteiger charge is -2.21. The van der Waals surface area contributed by atoms with Crippen LogP contribution in [0.15, 0.2) is 105 Å². The van der Waals surface area contributed by atoms with E-state index >= 15 is 0 Å². The first kappa shape index (κ1) is 46.2. The van der Waals surface area contributed by atoms with E-state index in [-0.39, 0.29) is 57.2 Å². The Kier molecular flexibility index (Phi) is 13.7. The van der Waals surface area contributed by atoms with Crippen LogP contribution in [0, 0.1) is 13.8 Å². The molecule has 0 spiro atoms. The van der Waals surface area contributed by atoms with Gasteiger partial charge in [-0.05, 0) is 93.4 Å². The van der Waals surface area contributed by atoms with Gasteiger partial charge in [0.2, 0.25) is 5.36 Å². The number of halogens is 2. The molecule has 0 radical (unpaired) electrons. The Bertz CT molecular complexity index is 3340. The molecule has 0 atom stereocenters. The van der Waals surface area contributed by atoms with Gasteiger partial charge >= 0.3 is 12.1 Å². The third kappa shape index (κ3) is 9.11. The fourth-order valence-electron chi connectivity index (χ4n) is 7.97. The van der Waals surface area contributed by atoms with Crippen LogP contribution in [0.1, 0.15) is 56.0 Å². The minimum atomic E-state index is -1.38. The van der Waals surface area contributed by atoms with Crippen LogP contribution in [0.5, 0.6) is 5.75 Å². The number of carboxylic acid groups (broad SMARTS) is 1. The highest BCUT2D eigenvalue weighted by Gasteiger charge is 2.30. The summed E-state index contributed by atoms with van der Waals surface area (Å²) in [6.45, 7) is 9.22. The minimum Gasteiger partial charge on any atom is -0.508 e. The van der Waals surface area contributed by atoms with Gasteiger partial charge in [0, 0.05) is 93.2 Å². The molecule has 2 heterocycles. The quantitative estimate of drug-likeness (QED) is 0.0554. The molecule has 2 aliphatic heterocycles. The predicted molar refractivity (Wildman–Crippen MR) is 249 cm³/mol. The average Bonchev–Trinajstić information content (AvgIpc) is 3.28. The smallest absolute Gasteiger partial charge is 0.373 e. The largest absolute Gasteiger partial charge is 0.508 e. The zero-order valence-electron chi connectivity index (χ0n) is 35.9. The number of rotatable bonds is 11. The number of benzene rings is 6. The number of carbonyl (C=O) groups is 3. The van der Waals surface area contributed by atoms with Gasteiger partial charge in [0.25, 0.3) is 11.8 Å². The molecule has 0 bridgehead atoms. The van der Waals surface area contributed by atoms with Crippen molar-refractivity contribution >= 4 is 74.8 Å². The van der Waals surface area contributed by atoms with E-state index in [9.17, 15) is 29.4 Å². The summed E-state index contributed by atoms with van der Waals surface area (Å²) in [5.74, 6) is -1.60. The number of phenols is 1. The second kappa shape index (κ2) is 19.5. The lowest BCUT2D eigenvalue weighted by molar-refractivity contribution is -0.496. The first-order valence-electron chi connectivity index (χ1n) is 20.6. The Hall–Kier alpha value is -7.77. The highest BCUT2D eigenvalue weighted by atomic mass is 35.5. The number of amides is 2. The lowest BCUT2D eigenvalue weighted by Crippen LogP contribution is -2.76. The number of hydrogen-bond donors (Lipinski definition) is 6. The number of aryl methyl sites for hydroxylation is 2. The summed E-state index contributed by atoms with van der Waals surface area (Å²) < 4.78 is 12.4. The number of hydrogen-bond acceptors (Lipinski definition) is 10. The van der Waals surface area contributed by atoms with E-state index in [0.29, 0.717) is 68.8 Å². The number of nitrogens with one attached hydrogen (secondary N) is 4. The Labute approximate surface area is 386 Å². The van der Waals surface area contributed by atoms with Gasteiger partial charge in [0.15, 0.2) is 5.43 Å². The molecule has 66 heavy (non-hydrogen) atoms. The first-order chi connectivity index (χ1) is 31.7. The van der Waals surface area contributed by atoms with Crippen molar-refractivity contribution in [2.75, 3.05) is 31.5 Å². The maximum Gasteiger partial charge on any atom is 0.373 e. The van der Waals surface area contributed by atoms with Crippen LogP contribution in [-0.4, -0.2) is 60.3 Å². The summed E-state index contributed by atoms with van der Waals surface area (Å²) >= 11 is 13.9. The number of aromatic carboxylic acids is 1. The highest BCUT2D eigenvalue weighted by Crippen LogP contribution is 2.48. The number of carboxylic acids is 1. The topological polar surface area (TPSA) is 219 Å². The zero-order chi connectivity index (χ0) is 47.4. The average molecular weight is 929 g/mol. The molecule has 4 aromatic rings. The predicted octanol–water partition coefficient (Wildman–Crippen LogP) is 7.42. The third-order valence-electron chi connectivity index (χ3n) is 10.9. The van der Waals surface area contributed by atoms with Crippen molar-refractivity contribution in [1.29, 1.82) is 0 Å². The van der Waals surface area contributed by atoms with Gasteiger partial charge in [-0.3, -0.25) is 14.4 Å². The van der Waals surface area contributed by atoms with Crippen LogP contribution in [0.4, 0.5) is 5.69 Å². The fourth-order valence-corrected chi connectivity index (χ4v) is 8.59. The van der Waals surface area contributed by atoms with Crippen molar-refractivity contribution in [2.24, 2.45) is 0 Å². The van der Waals surface area contributed by atoms with Gasteiger partial charge in [-0.15, -0.1) is 0 Å². The molecule has 14 nitrogen and oxygen atoms in total. The van der Waals surface area contributed by atoms with Gasteiger partial charge in [0.1, 0.15) is 35.0 Å². The summed E-state index contributed by atoms with van der Waals surface area (Å²) in [7, 11) is 0. The molecule has 334 valence electrons. The zero-order valence-corrected chi connectivity index (χ0v) is 37.4. The Morgan fingerprint density at radius 3 is 2.06 bits per heavy atom. The second-order valence-electron chi connectivity index (χ2n) is 15.1. The van der Waals surface area contributed by atoms with Crippen LogP contribution < -0.4 is 31.7 Å². The maximum atomic E-state index is 13.6. The van der Waals surface area contributed by atoms with Crippen molar-refractivity contribution in [3.8, 4) is 50.7 Å². The van der Waals surface area contributed by atoms with Crippen molar-refractivity contribution in [3.63, 3.8) is 0 Å². The molecule has 8 rings (SSSR count). The van der Waals surface area contributed by atoms with Crippen molar-refractivity contribution in [2.45, 2.75) is 27.7 Å². The molecular weight excluding hydrogens is 887 g/mol. The standard InChI is InChI=1S/C49H40Cl2N4O8.CO2/c1-5-52-36-22-40-32(17-24(36)3)43(33-18-25(4)37(53-6-2)23-41(33)63-40)44-35(50)21-34(46(51)45(44)49(60)61)48(59)55-16-15-54-47(58)27-9-7-26(8-10-27)42-30-13-11-28(56)19-38(30)62-39-20-29(57)12-14-31(39)42;2-1-3/h7-14,17-23,52,56H,5-6,15-16H2,1-4H3,(H,54,58)(H,55,59)(H,60,61);/p+1. The van der Waals surface area contributed by atoms with Gasteiger partial charge in [-0.2, -0.15) is 9.59 Å². The summed E-state index contributed by atoms with van der Waals surface area (Å²) in [4.78, 5) is 71.7. The molecule has 0 fully saturated rings. The molecule has 0 saturated heterocycles. The molecular formula is C50H41Cl2N4O10+. The molecule has 4 aliphatic rings. The molecule has 2 amide bonds. The van der Waals surface area contributed by atoms with Crippen LogP contribution >= 0.6 is 23.2 Å². The van der Waals surface area contributed by atoms with Crippen LogP contribution in [0.3, 0.4) is 0 Å². The summed E-state index contributed by atoms with van der Waals surface area (Å²) in [5.41, 5.74) is 6.62. The van der Waals surface area contributed by atoms with Crippen LogP contribution in [0.2, 0.25) is 10.0 Å². The number of fused-ring (bicyclic) bond motifs is 4. The van der Waals surface area contributed by atoms with E-state index < -0.39 is 17.8 Å².